The van der Waals surface area contributed by atoms with Gasteiger partial charge < -0.3 is 9.64 Å². The quantitative estimate of drug-likeness (QED) is 0.472. The van der Waals surface area contributed by atoms with Crippen molar-refractivity contribution in [2.45, 2.75) is 30.2 Å². The number of carbonyl (C=O) groups excluding carboxylic acids is 1. The summed E-state index contributed by atoms with van der Waals surface area (Å²) in [5.74, 6) is 4.27. The highest BCUT2D eigenvalue weighted by molar-refractivity contribution is 8.12. The Balaban J connectivity index is 1.89. The van der Waals surface area contributed by atoms with Crippen LogP contribution in [0, 0.1) is 12.7 Å². The molecule has 0 aromatic heterocycles. The Hall–Kier alpha value is -2.53. The van der Waals surface area contributed by atoms with Crippen molar-refractivity contribution in [1.82, 2.24) is 9.21 Å². The molecule has 1 saturated heterocycles. The zero-order valence-electron chi connectivity index (χ0n) is 18.6. The van der Waals surface area contributed by atoms with Crippen LogP contribution in [0.3, 0.4) is 0 Å². The summed E-state index contributed by atoms with van der Waals surface area (Å²) < 4.78 is 45.8. The maximum absolute atomic E-state index is 14.4. The number of hydrogen-bond donors (Lipinski definition) is 1. The first-order valence-electron chi connectivity index (χ1n) is 10.3. The monoisotopic (exact) mass is 493 g/mol. The molecule has 3 atom stereocenters. The third-order valence-corrected chi connectivity index (χ3v) is 8.28. The SMILES string of the molecule is C=CC(=O)N1CCN(S(=C)[C@@H](Oc2ccc(S(N)(=O)=O)cc2)c2ccc(C)c(F)c2)C[C@H]1C. The van der Waals surface area contributed by atoms with E-state index in [2.05, 4.69) is 16.8 Å². The van der Waals surface area contributed by atoms with Gasteiger partial charge in [-0.15, -0.1) is 0 Å². The van der Waals surface area contributed by atoms with Gasteiger partial charge in [0.15, 0.2) is 5.44 Å². The lowest BCUT2D eigenvalue weighted by molar-refractivity contribution is -0.129. The molecule has 1 fully saturated rings. The Kier molecular flexibility index (Phi) is 7.73. The van der Waals surface area contributed by atoms with Gasteiger partial charge in [-0.2, -0.15) is 0 Å². The van der Waals surface area contributed by atoms with Gasteiger partial charge in [-0.1, -0.05) is 35.3 Å². The Morgan fingerprint density at radius 2 is 1.94 bits per heavy atom. The van der Waals surface area contributed by atoms with Crippen molar-refractivity contribution in [3.05, 3.63) is 72.1 Å². The minimum atomic E-state index is -3.83. The summed E-state index contributed by atoms with van der Waals surface area (Å²) in [6.07, 6.45) is 1.31. The Labute approximate surface area is 196 Å². The highest BCUT2D eigenvalue weighted by atomic mass is 32.2. The van der Waals surface area contributed by atoms with E-state index in [1.165, 1.54) is 36.4 Å². The van der Waals surface area contributed by atoms with Gasteiger partial charge >= 0.3 is 0 Å². The van der Waals surface area contributed by atoms with E-state index in [0.29, 0.717) is 36.5 Å². The smallest absolute Gasteiger partial charge is 0.246 e. The van der Waals surface area contributed by atoms with Gasteiger partial charge in [0.2, 0.25) is 15.9 Å². The number of primary sulfonamides is 1. The first-order chi connectivity index (χ1) is 15.5. The first-order valence-corrected chi connectivity index (χ1v) is 13.2. The summed E-state index contributed by atoms with van der Waals surface area (Å²) in [6, 6.07) is 10.6. The molecule has 1 aliphatic heterocycles. The number of benzene rings is 2. The van der Waals surface area contributed by atoms with Crippen molar-refractivity contribution < 1.29 is 22.3 Å². The number of halogens is 1. The van der Waals surface area contributed by atoms with Gasteiger partial charge in [0.1, 0.15) is 11.6 Å². The van der Waals surface area contributed by atoms with Gasteiger partial charge in [0.05, 0.1) is 4.90 Å². The van der Waals surface area contributed by atoms with Crippen LogP contribution in [-0.4, -0.2) is 55.1 Å². The fraction of sp³-hybridized carbons (Fsp3) is 0.304. The molecule has 178 valence electrons. The van der Waals surface area contributed by atoms with Crippen LogP contribution in [0.15, 0.2) is 60.0 Å². The van der Waals surface area contributed by atoms with Crippen LogP contribution in [0.5, 0.6) is 5.75 Å². The Bertz CT molecular complexity index is 1170. The molecule has 1 aliphatic rings. The number of hydrogen-bond acceptors (Lipinski definition) is 5. The number of nitrogens with two attached hydrogens (primary N) is 1. The molecule has 1 unspecified atom stereocenters. The van der Waals surface area contributed by atoms with Crippen LogP contribution >= 0.6 is 10.7 Å². The summed E-state index contributed by atoms with van der Waals surface area (Å²) in [6.45, 7) is 8.87. The van der Waals surface area contributed by atoms with Crippen LogP contribution in [0.4, 0.5) is 4.39 Å². The molecule has 0 saturated carbocycles. The zero-order chi connectivity index (χ0) is 24.3. The maximum Gasteiger partial charge on any atom is 0.246 e. The van der Waals surface area contributed by atoms with Gasteiger partial charge in [0.25, 0.3) is 0 Å². The molecule has 1 amide bonds. The van der Waals surface area contributed by atoms with Gasteiger partial charge in [0, 0.05) is 31.2 Å². The van der Waals surface area contributed by atoms with Crippen LogP contribution in [0.2, 0.25) is 0 Å². The van der Waals surface area contributed by atoms with Gasteiger partial charge in [-0.05, 0) is 55.8 Å². The predicted octanol–water partition coefficient (Wildman–Crippen LogP) is 3.19. The van der Waals surface area contributed by atoms with E-state index in [1.807, 2.05) is 6.92 Å². The third-order valence-electron chi connectivity index (χ3n) is 5.49. The van der Waals surface area contributed by atoms with E-state index < -0.39 is 26.1 Å². The lowest BCUT2D eigenvalue weighted by Gasteiger charge is -2.42. The minimum absolute atomic E-state index is 0.0294. The molecule has 10 heteroatoms. The van der Waals surface area contributed by atoms with Crippen molar-refractivity contribution in [3.63, 3.8) is 0 Å². The molecule has 3 rings (SSSR count). The molecule has 7 nitrogen and oxygen atoms in total. The van der Waals surface area contributed by atoms with Crippen molar-refractivity contribution in [3.8, 4) is 5.75 Å². The number of ether oxygens (including phenoxy) is 1. The molecule has 33 heavy (non-hydrogen) atoms. The average Bonchev–Trinajstić information content (AvgIpc) is 2.78. The highest BCUT2D eigenvalue weighted by Crippen LogP contribution is 2.40. The van der Waals surface area contributed by atoms with E-state index in [-0.39, 0.29) is 22.7 Å². The first kappa shape index (κ1) is 25.1. The second-order valence-corrected chi connectivity index (χ2v) is 11.2. The van der Waals surface area contributed by atoms with Crippen LogP contribution < -0.4 is 9.88 Å². The number of sulfonamides is 1. The zero-order valence-corrected chi connectivity index (χ0v) is 20.2. The average molecular weight is 494 g/mol. The van der Waals surface area contributed by atoms with Gasteiger partial charge in [-0.25, -0.2) is 22.3 Å². The topological polar surface area (TPSA) is 92.9 Å². The summed E-state index contributed by atoms with van der Waals surface area (Å²) in [5, 5.41) is 5.17. The number of nitrogens with zero attached hydrogens (tertiary/aromatic N) is 2. The number of aryl methyl sites for hydroxylation is 1. The summed E-state index contributed by atoms with van der Waals surface area (Å²) in [4.78, 5) is 13.8. The molecular weight excluding hydrogens is 465 g/mol. The Morgan fingerprint density at radius 1 is 1.27 bits per heavy atom. The fourth-order valence-electron chi connectivity index (χ4n) is 3.59. The predicted molar refractivity (Wildman–Crippen MR) is 130 cm³/mol. The molecule has 0 bridgehead atoms. The summed E-state index contributed by atoms with van der Waals surface area (Å²) in [5.41, 5.74) is 0.516. The number of carbonyl (C=O) groups is 1. The standard InChI is InChI=1S/C23H28FN3O4S2/c1-5-22(28)27-13-12-26(15-17(27)3)32(4)23(18-7-6-16(2)21(24)14-18)31-19-8-10-20(11-9-19)33(25,29)30/h5-11,14,17,23H,1,4,12-13,15H2,2-3H3,(H2,25,29,30)/t17-,23-,32?/m1/s1. The molecule has 2 aromatic rings. The van der Waals surface area contributed by atoms with E-state index in [9.17, 15) is 17.6 Å². The molecule has 1 heterocycles. The molecular formula is C23H28FN3O4S2. The number of rotatable bonds is 7. The van der Waals surface area contributed by atoms with Crippen LogP contribution in [0.1, 0.15) is 23.5 Å². The van der Waals surface area contributed by atoms with Crippen LogP contribution in [-0.2, 0) is 14.8 Å². The van der Waals surface area contributed by atoms with E-state index in [1.54, 1.807) is 24.0 Å². The fourth-order valence-corrected chi connectivity index (χ4v) is 5.78. The second-order valence-electron chi connectivity index (χ2n) is 7.85. The third kappa shape index (κ3) is 5.89. The lowest BCUT2D eigenvalue weighted by atomic mass is 10.1. The van der Waals surface area contributed by atoms with Crippen LogP contribution in [0.25, 0.3) is 0 Å². The molecule has 2 aromatic carbocycles. The summed E-state index contributed by atoms with van der Waals surface area (Å²) >= 11 is 0. The largest absolute Gasteiger partial charge is 0.474 e. The van der Waals surface area contributed by atoms with E-state index >= 15 is 0 Å². The van der Waals surface area contributed by atoms with Crippen molar-refractivity contribution in [2.75, 3.05) is 19.6 Å². The maximum atomic E-state index is 14.4. The number of amides is 1. The molecule has 0 aliphatic carbocycles. The van der Waals surface area contributed by atoms with Gasteiger partial charge in [-0.3, -0.25) is 4.79 Å². The molecule has 2 N–H and O–H groups in total. The molecule has 0 radical (unpaired) electrons. The van der Waals surface area contributed by atoms with E-state index in [4.69, 9.17) is 9.88 Å². The summed E-state index contributed by atoms with van der Waals surface area (Å²) in [7, 11) is -4.57. The highest BCUT2D eigenvalue weighted by Gasteiger charge is 2.30. The van der Waals surface area contributed by atoms with Crippen molar-refractivity contribution in [1.29, 1.82) is 0 Å². The van der Waals surface area contributed by atoms with E-state index in [0.717, 1.165) is 0 Å². The van der Waals surface area contributed by atoms with Crippen molar-refractivity contribution in [2.24, 2.45) is 5.14 Å². The Morgan fingerprint density at radius 3 is 2.48 bits per heavy atom. The number of piperazine rings is 1. The van der Waals surface area contributed by atoms with Crippen molar-refractivity contribution >= 4 is 32.5 Å². The molecule has 0 spiro atoms. The minimum Gasteiger partial charge on any atom is -0.474 e. The second kappa shape index (κ2) is 10.2. The normalized spacial score (nSPS) is 19.0. The lowest BCUT2D eigenvalue weighted by Crippen LogP contribution is -2.52.